The molecule has 0 fully saturated rings. The molecule has 0 radical (unpaired) electrons. The highest BCUT2D eigenvalue weighted by molar-refractivity contribution is 9.10. The molecule has 1 atom stereocenters. The zero-order chi connectivity index (χ0) is 11.6. The highest BCUT2D eigenvalue weighted by Gasteiger charge is 2.18. The Morgan fingerprint density at radius 1 is 1.53 bits per heavy atom. The average molecular weight is 273 g/mol. The number of halogens is 1. The first-order valence-corrected chi connectivity index (χ1v) is 5.42. The molecule has 0 spiro atoms. The van der Waals surface area contributed by atoms with E-state index in [-0.39, 0.29) is 18.1 Å². The van der Waals surface area contributed by atoms with Crippen molar-refractivity contribution in [2.75, 3.05) is 0 Å². The van der Waals surface area contributed by atoms with Gasteiger partial charge in [-0.2, -0.15) is 0 Å². The monoisotopic (exact) mass is 272 g/mol. The molecule has 1 aromatic carbocycles. The van der Waals surface area contributed by atoms with E-state index in [0.29, 0.717) is 5.56 Å². The van der Waals surface area contributed by atoms with Crippen molar-refractivity contribution < 1.29 is 15.0 Å². The highest BCUT2D eigenvalue weighted by atomic mass is 79.9. The Hall–Kier alpha value is -1.03. The zero-order valence-corrected chi connectivity index (χ0v) is 10.2. The third kappa shape index (κ3) is 2.72. The molecule has 0 bridgehead atoms. The smallest absolute Gasteiger partial charge is 0.303 e. The first kappa shape index (κ1) is 12.0. The lowest BCUT2D eigenvalue weighted by atomic mass is 9.95. The predicted molar refractivity (Wildman–Crippen MR) is 61.2 cm³/mol. The molecule has 0 heterocycles. The molecule has 0 amide bonds. The summed E-state index contributed by atoms with van der Waals surface area (Å²) < 4.78 is 0.749. The first-order valence-electron chi connectivity index (χ1n) is 4.63. The number of carboxylic acid groups (broad SMARTS) is 1. The van der Waals surface area contributed by atoms with E-state index in [1.54, 1.807) is 19.9 Å². The second kappa shape index (κ2) is 4.66. The highest BCUT2D eigenvalue weighted by Crippen LogP contribution is 2.36. The van der Waals surface area contributed by atoms with Crippen LogP contribution >= 0.6 is 15.9 Å². The molecule has 0 aliphatic rings. The third-order valence-corrected chi connectivity index (χ3v) is 3.03. The van der Waals surface area contributed by atoms with Crippen LogP contribution in [0.1, 0.15) is 30.4 Å². The Bertz CT molecular complexity index is 388. The molecule has 1 unspecified atom stereocenters. The minimum atomic E-state index is -0.865. The maximum absolute atomic E-state index is 10.6. The number of carboxylic acids is 1. The summed E-state index contributed by atoms with van der Waals surface area (Å²) in [6, 6.07) is 3.61. The number of hydrogen-bond acceptors (Lipinski definition) is 2. The zero-order valence-electron chi connectivity index (χ0n) is 8.62. The predicted octanol–water partition coefficient (Wildman–Crippen LogP) is 3.04. The van der Waals surface area contributed by atoms with Crippen molar-refractivity contribution in [1.29, 1.82) is 0 Å². The SMILES string of the molecule is Cc1ccc(Br)c(C(C)CC(=O)O)c1O. The summed E-state index contributed by atoms with van der Waals surface area (Å²) in [5.41, 5.74) is 1.42. The quantitative estimate of drug-likeness (QED) is 0.889. The number of hydrogen-bond donors (Lipinski definition) is 2. The van der Waals surface area contributed by atoms with Gasteiger partial charge in [-0.1, -0.05) is 28.9 Å². The largest absolute Gasteiger partial charge is 0.507 e. The number of benzene rings is 1. The second-order valence-corrected chi connectivity index (χ2v) is 4.48. The Kier molecular flexibility index (Phi) is 3.74. The van der Waals surface area contributed by atoms with Gasteiger partial charge in [0, 0.05) is 10.0 Å². The van der Waals surface area contributed by atoms with E-state index < -0.39 is 5.97 Å². The fraction of sp³-hybridized carbons (Fsp3) is 0.364. The van der Waals surface area contributed by atoms with Crippen molar-refractivity contribution >= 4 is 21.9 Å². The van der Waals surface area contributed by atoms with Crippen LogP contribution in [0.5, 0.6) is 5.75 Å². The second-order valence-electron chi connectivity index (χ2n) is 3.63. The van der Waals surface area contributed by atoms with Gasteiger partial charge >= 0.3 is 5.97 Å². The summed E-state index contributed by atoms with van der Waals surface area (Å²) in [6.45, 7) is 3.58. The lowest BCUT2D eigenvalue weighted by Gasteiger charge is -2.15. The molecule has 82 valence electrons. The first-order chi connectivity index (χ1) is 6.93. The molecule has 0 aliphatic heterocycles. The van der Waals surface area contributed by atoms with E-state index in [1.165, 1.54) is 0 Å². The molecule has 0 saturated carbocycles. The summed E-state index contributed by atoms with van der Waals surface area (Å²) in [5.74, 6) is -0.898. The number of phenols is 1. The maximum atomic E-state index is 10.6. The molecule has 15 heavy (non-hydrogen) atoms. The molecule has 1 rings (SSSR count). The summed E-state index contributed by atoms with van der Waals surface area (Å²) in [6.07, 6.45) is 0.00954. The fourth-order valence-corrected chi connectivity index (χ4v) is 2.24. The summed E-state index contributed by atoms with van der Waals surface area (Å²) in [5, 5.41) is 18.5. The van der Waals surface area contributed by atoms with Crippen LogP contribution in [0.2, 0.25) is 0 Å². The minimum absolute atomic E-state index is 0.00954. The van der Waals surface area contributed by atoms with Gasteiger partial charge in [0.1, 0.15) is 5.75 Å². The summed E-state index contributed by atoms with van der Waals surface area (Å²) >= 11 is 3.32. The molecule has 0 aliphatic carbocycles. The van der Waals surface area contributed by atoms with E-state index in [4.69, 9.17) is 5.11 Å². The molecule has 0 aromatic heterocycles. The lowest BCUT2D eigenvalue weighted by Crippen LogP contribution is -2.04. The van der Waals surface area contributed by atoms with Gasteiger partial charge in [-0.05, 0) is 24.5 Å². The molecule has 3 nitrogen and oxygen atoms in total. The standard InChI is InChI=1S/C11H13BrO3/c1-6-3-4-8(12)10(11(6)15)7(2)5-9(13)14/h3-4,7,15H,5H2,1-2H3,(H,13,14). The average Bonchev–Trinajstić information content (AvgIpc) is 2.11. The van der Waals surface area contributed by atoms with Crippen molar-refractivity contribution in [2.24, 2.45) is 0 Å². The van der Waals surface area contributed by atoms with Gasteiger partial charge in [-0.25, -0.2) is 0 Å². The van der Waals surface area contributed by atoms with Crippen molar-refractivity contribution in [3.8, 4) is 5.75 Å². The number of carbonyl (C=O) groups is 1. The molecule has 1 aromatic rings. The number of rotatable bonds is 3. The van der Waals surface area contributed by atoms with Gasteiger partial charge in [-0.3, -0.25) is 4.79 Å². The van der Waals surface area contributed by atoms with Gasteiger partial charge in [0.2, 0.25) is 0 Å². The van der Waals surface area contributed by atoms with Crippen molar-refractivity contribution in [3.05, 3.63) is 27.7 Å². The van der Waals surface area contributed by atoms with Crippen LogP contribution in [-0.2, 0) is 4.79 Å². The van der Waals surface area contributed by atoms with Crippen LogP contribution in [0, 0.1) is 6.92 Å². The number of aromatic hydroxyl groups is 1. The fourth-order valence-electron chi connectivity index (χ4n) is 1.53. The van der Waals surface area contributed by atoms with Crippen LogP contribution in [0.3, 0.4) is 0 Å². The van der Waals surface area contributed by atoms with Crippen LogP contribution in [0.15, 0.2) is 16.6 Å². The van der Waals surface area contributed by atoms with E-state index in [2.05, 4.69) is 15.9 Å². The number of aryl methyl sites for hydroxylation is 1. The van der Waals surface area contributed by atoms with Gasteiger partial charge in [0.25, 0.3) is 0 Å². The van der Waals surface area contributed by atoms with Crippen LogP contribution in [0.4, 0.5) is 0 Å². The van der Waals surface area contributed by atoms with Gasteiger partial charge in [-0.15, -0.1) is 0 Å². The number of phenolic OH excluding ortho intramolecular Hbond substituents is 1. The molecular weight excluding hydrogens is 260 g/mol. The van der Waals surface area contributed by atoms with E-state index in [9.17, 15) is 9.90 Å². The van der Waals surface area contributed by atoms with Gasteiger partial charge < -0.3 is 10.2 Å². The Balaban J connectivity index is 3.12. The molecule has 0 saturated heterocycles. The lowest BCUT2D eigenvalue weighted by molar-refractivity contribution is -0.137. The Morgan fingerprint density at radius 2 is 2.13 bits per heavy atom. The Morgan fingerprint density at radius 3 is 2.67 bits per heavy atom. The van der Waals surface area contributed by atoms with E-state index in [1.807, 2.05) is 6.07 Å². The number of aliphatic carboxylic acids is 1. The summed E-state index contributed by atoms with van der Waals surface area (Å²) in [7, 11) is 0. The minimum Gasteiger partial charge on any atom is -0.507 e. The maximum Gasteiger partial charge on any atom is 0.303 e. The Labute approximate surface area is 96.9 Å². The topological polar surface area (TPSA) is 57.5 Å². The third-order valence-electron chi connectivity index (χ3n) is 2.34. The van der Waals surface area contributed by atoms with Crippen LogP contribution in [-0.4, -0.2) is 16.2 Å². The molecular formula is C11H13BrO3. The van der Waals surface area contributed by atoms with Crippen LogP contribution < -0.4 is 0 Å². The van der Waals surface area contributed by atoms with Crippen LogP contribution in [0.25, 0.3) is 0 Å². The van der Waals surface area contributed by atoms with Crippen molar-refractivity contribution in [1.82, 2.24) is 0 Å². The van der Waals surface area contributed by atoms with E-state index in [0.717, 1.165) is 10.0 Å². The normalized spacial score (nSPS) is 12.5. The van der Waals surface area contributed by atoms with Crippen molar-refractivity contribution in [3.63, 3.8) is 0 Å². The summed E-state index contributed by atoms with van der Waals surface area (Å²) in [4.78, 5) is 10.6. The van der Waals surface area contributed by atoms with Gasteiger partial charge in [0.15, 0.2) is 0 Å². The van der Waals surface area contributed by atoms with E-state index >= 15 is 0 Å². The molecule has 2 N–H and O–H groups in total. The van der Waals surface area contributed by atoms with Gasteiger partial charge in [0.05, 0.1) is 6.42 Å². The van der Waals surface area contributed by atoms with Crippen molar-refractivity contribution in [2.45, 2.75) is 26.2 Å². The molecule has 4 heteroatoms.